The minimum Gasteiger partial charge on any atom is -0.394 e. The molecular formula is C11H14ClN7O2. The summed E-state index contributed by atoms with van der Waals surface area (Å²) in [4.78, 5) is 16.1. The van der Waals surface area contributed by atoms with Crippen molar-refractivity contribution in [3.05, 3.63) is 17.9 Å². The van der Waals surface area contributed by atoms with Gasteiger partial charge in [-0.05, 0) is 24.4 Å². The topological polar surface area (TPSA) is 111 Å². The first-order valence-electron chi connectivity index (χ1n) is 6.44. The average Bonchev–Trinajstić information content (AvgIpc) is 3.02. The van der Waals surface area contributed by atoms with E-state index < -0.39 is 5.54 Å². The number of anilines is 1. The van der Waals surface area contributed by atoms with Crippen LogP contribution in [0.5, 0.6) is 0 Å². The third-order valence-electron chi connectivity index (χ3n) is 3.35. The summed E-state index contributed by atoms with van der Waals surface area (Å²) in [6, 6.07) is 0. The minimum absolute atomic E-state index is 0.0400. The SMILES string of the molecule is OCC1(Nc2nc(Cl)nc(-n3cncn3)n2)CCOCC1. The van der Waals surface area contributed by atoms with Crippen LogP contribution in [0.15, 0.2) is 12.7 Å². The van der Waals surface area contributed by atoms with Crippen LogP contribution in [-0.4, -0.2) is 60.2 Å². The molecular weight excluding hydrogens is 298 g/mol. The predicted octanol–water partition coefficient (Wildman–Crippen LogP) is 0.0591. The van der Waals surface area contributed by atoms with Gasteiger partial charge in [-0.25, -0.2) is 4.98 Å². The van der Waals surface area contributed by atoms with Crippen molar-refractivity contribution in [2.45, 2.75) is 18.4 Å². The van der Waals surface area contributed by atoms with Gasteiger partial charge < -0.3 is 15.2 Å². The summed E-state index contributed by atoms with van der Waals surface area (Å²) < 4.78 is 6.70. The molecule has 0 amide bonds. The van der Waals surface area contributed by atoms with E-state index in [-0.39, 0.29) is 23.8 Å². The van der Waals surface area contributed by atoms with Gasteiger partial charge in [0.15, 0.2) is 0 Å². The lowest BCUT2D eigenvalue weighted by Crippen LogP contribution is -2.47. The normalized spacial score (nSPS) is 17.6. The highest BCUT2D eigenvalue weighted by Gasteiger charge is 2.33. The second-order valence-corrected chi connectivity index (χ2v) is 5.08. The molecule has 1 fully saturated rings. The van der Waals surface area contributed by atoms with E-state index in [0.717, 1.165) is 0 Å². The zero-order valence-corrected chi connectivity index (χ0v) is 11.9. The van der Waals surface area contributed by atoms with E-state index in [9.17, 15) is 5.11 Å². The number of halogens is 1. The zero-order chi connectivity index (χ0) is 14.7. The van der Waals surface area contributed by atoms with Gasteiger partial charge in [-0.15, -0.1) is 0 Å². The molecule has 2 aromatic heterocycles. The molecule has 10 heteroatoms. The summed E-state index contributed by atoms with van der Waals surface area (Å²) in [6.45, 7) is 1.10. The van der Waals surface area contributed by atoms with E-state index in [4.69, 9.17) is 16.3 Å². The lowest BCUT2D eigenvalue weighted by molar-refractivity contribution is 0.0377. The van der Waals surface area contributed by atoms with Crippen molar-refractivity contribution < 1.29 is 9.84 Å². The summed E-state index contributed by atoms with van der Waals surface area (Å²) in [5, 5.41) is 16.8. The number of rotatable bonds is 4. The fourth-order valence-corrected chi connectivity index (χ4v) is 2.29. The Morgan fingerprint density at radius 3 is 2.81 bits per heavy atom. The largest absolute Gasteiger partial charge is 0.394 e. The summed E-state index contributed by atoms with van der Waals surface area (Å²) in [6.07, 6.45) is 4.15. The van der Waals surface area contributed by atoms with Gasteiger partial charge in [0, 0.05) is 13.2 Å². The molecule has 0 atom stereocenters. The number of hydrogen-bond donors (Lipinski definition) is 2. The highest BCUT2D eigenvalue weighted by atomic mass is 35.5. The number of nitrogens with one attached hydrogen (secondary N) is 1. The molecule has 0 radical (unpaired) electrons. The highest BCUT2D eigenvalue weighted by Crippen LogP contribution is 2.24. The van der Waals surface area contributed by atoms with Crippen molar-refractivity contribution in [1.29, 1.82) is 0 Å². The van der Waals surface area contributed by atoms with E-state index in [0.29, 0.717) is 26.1 Å². The lowest BCUT2D eigenvalue weighted by Gasteiger charge is -2.36. The molecule has 2 aromatic rings. The number of aromatic nitrogens is 6. The Kier molecular flexibility index (Phi) is 3.95. The fraction of sp³-hybridized carbons (Fsp3) is 0.545. The van der Waals surface area contributed by atoms with Crippen LogP contribution in [0, 0.1) is 0 Å². The van der Waals surface area contributed by atoms with Crippen LogP contribution in [-0.2, 0) is 4.74 Å². The molecule has 0 aromatic carbocycles. The van der Waals surface area contributed by atoms with Crippen LogP contribution in [0.1, 0.15) is 12.8 Å². The Morgan fingerprint density at radius 2 is 2.14 bits per heavy atom. The lowest BCUT2D eigenvalue weighted by atomic mass is 9.91. The van der Waals surface area contributed by atoms with Crippen LogP contribution >= 0.6 is 11.6 Å². The Labute approximate surface area is 125 Å². The third kappa shape index (κ3) is 3.09. The van der Waals surface area contributed by atoms with E-state index in [1.807, 2.05) is 0 Å². The molecule has 1 aliphatic rings. The summed E-state index contributed by atoms with van der Waals surface area (Å²) >= 11 is 5.92. The second-order valence-electron chi connectivity index (χ2n) is 4.74. The van der Waals surface area contributed by atoms with Crippen LogP contribution in [0.3, 0.4) is 0 Å². The van der Waals surface area contributed by atoms with Gasteiger partial charge in [0.2, 0.25) is 11.2 Å². The fourth-order valence-electron chi connectivity index (χ4n) is 2.13. The summed E-state index contributed by atoms with van der Waals surface area (Å²) in [5.74, 6) is 0.548. The predicted molar refractivity (Wildman–Crippen MR) is 73.2 cm³/mol. The molecule has 1 aliphatic heterocycles. The van der Waals surface area contributed by atoms with Crippen molar-refractivity contribution in [3.63, 3.8) is 0 Å². The summed E-state index contributed by atoms with van der Waals surface area (Å²) in [5.41, 5.74) is -0.511. The molecule has 112 valence electrons. The summed E-state index contributed by atoms with van der Waals surface area (Å²) in [7, 11) is 0. The Balaban J connectivity index is 1.88. The molecule has 1 saturated heterocycles. The van der Waals surface area contributed by atoms with Gasteiger partial charge in [0.25, 0.3) is 5.95 Å². The number of ether oxygens (including phenoxy) is 1. The first kappa shape index (κ1) is 14.1. The van der Waals surface area contributed by atoms with Crippen LogP contribution in [0.4, 0.5) is 5.95 Å². The molecule has 0 aliphatic carbocycles. The molecule has 0 unspecified atom stereocenters. The number of hydrogen-bond acceptors (Lipinski definition) is 8. The smallest absolute Gasteiger partial charge is 0.258 e. The first-order valence-corrected chi connectivity index (χ1v) is 6.82. The van der Waals surface area contributed by atoms with Crippen molar-refractivity contribution in [2.75, 3.05) is 25.1 Å². The van der Waals surface area contributed by atoms with E-state index in [2.05, 4.69) is 30.4 Å². The van der Waals surface area contributed by atoms with E-state index in [1.165, 1.54) is 17.3 Å². The van der Waals surface area contributed by atoms with Gasteiger partial charge in [-0.1, -0.05) is 0 Å². The van der Waals surface area contributed by atoms with Crippen LogP contribution in [0.2, 0.25) is 5.28 Å². The van der Waals surface area contributed by atoms with Crippen LogP contribution in [0.25, 0.3) is 5.95 Å². The Morgan fingerprint density at radius 1 is 1.33 bits per heavy atom. The molecule has 3 rings (SSSR count). The number of aliphatic hydroxyl groups excluding tert-OH is 1. The van der Waals surface area contributed by atoms with E-state index >= 15 is 0 Å². The number of nitrogens with zero attached hydrogens (tertiary/aromatic N) is 6. The maximum absolute atomic E-state index is 9.68. The second kappa shape index (κ2) is 5.88. The van der Waals surface area contributed by atoms with Crippen molar-refractivity contribution in [2.24, 2.45) is 0 Å². The molecule has 9 nitrogen and oxygen atoms in total. The van der Waals surface area contributed by atoms with Gasteiger partial charge in [-0.3, -0.25) is 0 Å². The van der Waals surface area contributed by atoms with Gasteiger partial charge in [0.05, 0.1) is 12.1 Å². The molecule has 0 saturated carbocycles. The quantitative estimate of drug-likeness (QED) is 0.815. The molecule has 0 bridgehead atoms. The minimum atomic E-state index is -0.511. The maximum atomic E-state index is 9.68. The van der Waals surface area contributed by atoms with Crippen molar-refractivity contribution >= 4 is 17.5 Å². The molecule has 21 heavy (non-hydrogen) atoms. The monoisotopic (exact) mass is 311 g/mol. The third-order valence-corrected chi connectivity index (χ3v) is 3.52. The Bertz CT molecular complexity index is 601. The molecule has 3 heterocycles. The maximum Gasteiger partial charge on any atom is 0.258 e. The van der Waals surface area contributed by atoms with Crippen molar-refractivity contribution in [3.8, 4) is 5.95 Å². The molecule has 2 N–H and O–H groups in total. The zero-order valence-electron chi connectivity index (χ0n) is 11.1. The highest BCUT2D eigenvalue weighted by molar-refractivity contribution is 6.28. The molecule has 0 spiro atoms. The first-order chi connectivity index (χ1) is 10.2. The van der Waals surface area contributed by atoms with Crippen LogP contribution < -0.4 is 5.32 Å². The standard InChI is InChI=1S/C11H14ClN7O2/c12-8-15-9(17-10(16-8)19-7-13-6-14-19)18-11(5-20)1-3-21-4-2-11/h6-7,20H,1-5H2,(H,15,16,17,18). The van der Waals surface area contributed by atoms with Gasteiger partial charge >= 0.3 is 0 Å². The Hall–Kier alpha value is -1.84. The van der Waals surface area contributed by atoms with E-state index in [1.54, 1.807) is 0 Å². The van der Waals surface area contributed by atoms with Gasteiger partial charge in [-0.2, -0.15) is 24.7 Å². The van der Waals surface area contributed by atoms with Crippen molar-refractivity contribution in [1.82, 2.24) is 29.7 Å². The average molecular weight is 312 g/mol. The number of aliphatic hydroxyl groups is 1. The van der Waals surface area contributed by atoms with Gasteiger partial charge in [0.1, 0.15) is 12.7 Å².